The second-order valence-corrected chi connectivity index (χ2v) is 8.06. The summed E-state index contributed by atoms with van der Waals surface area (Å²) < 4.78 is 26.9. The molecule has 2 aliphatic rings. The van der Waals surface area contributed by atoms with Crippen molar-refractivity contribution in [1.29, 1.82) is 0 Å². The Morgan fingerprint density at radius 1 is 1.10 bits per heavy atom. The molecule has 2 fully saturated rings. The number of nitrogens with one attached hydrogen (secondary N) is 2. The van der Waals surface area contributed by atoms with Crippen LogP contribution in [-0.4, -0.2) is 74.5 Å². The molecule has 6 nitrogen and oxygen atoms in total. The van der Waals surface area contributed by atoms with Gasteiger partial charge in [0.25, 0.3) is 0 Å². The summed E-state index contributed by atoms with van der Waals surface area (Å²) in [6, 6.07) is 3.50. The Balaban J connectivity index is 1.31. The fourth-order valence-electron chi connectivity index (χ4n) is 4.23. The Morgan fingerprint density at radius 2 is 1.80 bits per heavy atom. The number of amides is 1. The molecular formula is C22H33F2N5O. The molecule has 1 amide bonds. The van der Waals surface area contributed by atoms with E-state index in [1.54, 1.807) is 7.05 Å². The van der Waals surface area contributed by atoms with Gasteiger partial charge in [-0.1, -0.05) is 12.8 Å². The molecule has 166 valence electrons. The highest BCUT2D eigenvalue weighted by molar-refractivity contribution is 5.79. The van der Waals surface area contributed by atoms with Crippen LogP contribution >= 0.6 is 0 Å². The molecule has 0 aromatic heterocycles. The summed E-state index contributed by atoms with van der Waals surface area (Å²) >= 11 is 0. The second kappa shape index (κ2) is 11.2. The molecule has 1 saturated carbocycles. The van der Waals surface area contributed by atoms with E-state index in [2.05, 4.69) is 20.5 Å². The van der Waals surface area contributed by atoms with Crippen molar-refractivity contribution >= 4 is 11.9 Å². The number of halogens is 2. The van der Waals surface area contributed by atoms with Crippen LogP contribution in [0.4, 0.5) is 8.78 Å². The SMILES string of the molecule is CN=C(NCCc1cc(F)ccc1F)NCCN1CCN(C(=O)C2CCCC2)CC1. The smallest absolute Gasteiger partial charge is 0.225 e. The molecule has 8 heteroatoms. The van der Waals surface area contributed by atoms with Gasteiger partial charge in [-0.05, 0) is 43.0 Å². The Bertz CT molecular complexity index is 728. The molecule has 1 saturated heterocycles. The van der Waals surface area contributed by atoms with Crippen LogP contribution in [0.3, 0.4) is 0 Å². The van der Waals surface area contributed by atoms with E-state index in [1.165, 1.54) is 18.9 Å². The van der Waals surface area contributed by atoms with Crippen LogP contribution in [0.2, 0.25) is 0 Å². The van der Waals surface area contributed by atoms with Crippen LogP contribution in [0, 0.1) is 17.6 Å². The van der Waals surface area contributed by atoms with Crippen LogP contribution in [0.1, 0.15) is 31.2 Å². The molecule has 1 heterocycles. The highest BCUT2D eigenvalue weighted by atomic mass is 19.1. The van der Waals surface area contributed by atoms with Gasteiger partial charge in [-0.15, -0.1) is 0 Å². The predicted molar refractivity (Wildman–Crippen MR) is 114 cm³/mol. The maximum Gasteiger partial charge on any atom is 0.225 e. The third-order valence-corrected chi connectivity index (χ3v) is 6.03. The van der Waals surface area contributed by atoms with Crippen LogP contribution < -0.4 is 10.6 Å². The first-order valence-corrected chi connectivity index (χ1v) is 11.0. The molecule has 1 aliphatic heterocycles. The fourth-order valence-corrected chi connectivity index (χ4v) is 4.23. The summed E-state index contributed by atoms with van der Waals surface area (Å²) in [5.41, 5.74) is 0.350. The maximum absolute atomic E-state index is 13.7. The van der Waals surface area contributed by atoms with Gasteiger partial charge >= 0.3 is 0 Å². The van der Waals surface area contributed by atoms with Crippen LogP contribution in [0.25, 0.3) is 0 Å². The topological polar surface area (TPSA) is 60.0 Å². The second-order valence-electron chi connectivity index (χ2n) is 8.06. The van der Waals surface area contributed by atoms with Crippen molar-refractivity contribution < 1.29 is 13.6 Å². The van der Waals surface area contributed by atoms with E-state index in [9.17, 15) is 13.6 Å². The van der Waals surface area contributed by atoms with Gasteiger partial charge in [0, 0.05) is 58.8 Å². The van der Waals surface area contributed by atoms with E-state index < -0.39 is 11.6 Å². The monoisotopic (exact) mass is 421 g/mol. The lowest BCUT2D eigenvalue weighted by molar-refractivity contribution is -0.137. The quantitative estimate of drug-likeness (QED) is 0.522. The molecule has 0 atom stereocenters. The summed E-state index contributed by atoms with van der Waals surface area (Å²) in [7, 11) is 1.69. The lowest BCUT2D eigenvalue weighted by Gasteiger charge is -2.36. The number of hydrogen-bond acceptors (Lipinski definition) is 3. The maximum atomic E-state index is 13.7. The summed E-state index contributed by atoms with van der Waals surface area (Å²) in [6.45, 7) is 5.45. The number of aliphatic imine (C=N–C) groups is 1. The number of carbonyl (C=O) groups excluding carboxylic acids is 1. The molecule has 0 bridgehead atoms. The number of hydrogen-bond donors (Lipinski definition) is 2. The summed E-state index contributed by atoms with van der Waals surface area (Å²) in [4.78, 5) is 21.1. The standard InChI is InChI=1S/C22H33F2N5O/c1-25-22(26-9-8-18-16-19(23)6-7-20(18)24)27-10-11-28-12-14-29(15-13-28)21(30)17-4-2-3-5-17/h6-7,16-17H,2-5,8-15H2,1H3,(H2,25,26,27). The summed E-state index contributed by atoms with van der Waals surface area (Å²) in [6.07, 6.45) is 4.87. The van der Waals surface area contributed by atoms with Gasteiger partial charge in [0.05, 0.1) is 0 Å². The number of benzene rings is 1. The lowest BCUT2D eigenvalue weighted by Crippen LogP contribution is -2.52. The van der Waals surface area contributed by atoms with Crippen molar-refractivity contribution in [2.75, 3.05) is 52.9 Å². The fraction of sp³-hybridized carbons (Fsp3) is 0.636. The molecule has 3 rings (SSSR count). The normalized spacial score (nSPS) is 18.6. The molecule has 0 unspecified atom stereocenters. The first-order valence-electron chi connectivity index (χ1n) is 11.0. The molecule has 2 N–H and O–H groups in total. The van der Waals surface area contributed by atoms with E-state index in [1.807, 2.05) is 4.90 Å². The number of piperazine rings is 1. The molecule has 1 aliphatic carbocycles. The molecular weight excluding hydrogens is 388 g/mol. The lowest BCUT2D eigenvalue weighted by atomic mass is 10.1. The van der Waals surface area contributed by atoms with E-state index >= 15 is 0 Å². The molecule has 30 heavy (non-hydrogen) atoms. The van der Waals surface area contributed by atoms with Crippen molar-refractivity contribution in [2.45, 2.75) is 32.1 Å². The minimum absolute atomic E-state index is 0.258. The van der Waals surface area contributed by atoms with Crippen molar-refractivity contribution in [2.24, 2.45) is 10.9 Å². The predicted octanol–water partition coefficient (Wildman–Crippen LogP) is 2.01. The van der Waals surface area contributed by atoms with Crippen LogP contribution in [0.15, 0.2) is 23.2 Å². The largest absolute Gasteiger partial charge is 0.356 e. The van der Waals surface area contributed by atoms with Gasteiger partial charge in [-0.2, -0.15) is 0 Å². The summed E-state index contributed by atoms with van der Waals surface area (Å²) in [5.74, 6) is 0.422. The first-order chi connectivity index (χ1) is 14.6. The number of carbonyl (C=O) groups is 1. The van der Waals surface area contributed by atoms with Crippen molar-refractivity contribution in [3.8, 4) is 0 Å². The highest BCUT2D eigenvalue weighted by Crippen LogP contribution is 2.26. The van der Waals surface area contributed by atoms with Crippen molar-refractivity contribution in [3.05, 3.63) is 35.4 Å². The first kappa shape index (κ1) is 22.5. The Morgan fingerprint density at radius 3 is 2.50 bits per heavy atom. The molecule has 0 radical (unpaired) electrons. The Labute approximate surface area is 177 Å². The van der Waals surface area contributed by atoms with E-state index in [0.29, 0.717) is 30.4 Å². The Hall–Kier alpha value is -2.22. The molecule has 1 aromatic rings. The highest BCUT2D eigenvalue weighted by Gasteiger charge is 2.29. The van der Waals surface area contributed by atoms with E-state index in [4.69, 9.17) is 0 Å². The minimum Gasteiger partial charge on any atom is -0.356 e. The zero-order chi connectivity index (χ0) is 21.3. The average Bonchev–Trinajstić information content (AvgIpc) is 3.30. The zero-order valence-corrected chi connectivity index (χ0v) is 17.8. The van der Waals surface area contributed by atoms with Gasteiger partial charge in [-0.25, -0.2) is 8.78 Å². The van der Waals surface area contributed by atoms with Crippen molar-refractivity contribution in [3.63, 3.8) is 0 Å². The minimum atomic E-state index is -0.432. The van der Waals surface area contributed by atoms with Gasteiger partial charge in [0.15, 0.2) is 5.96 Å². The third-order valence-electron chi connectivity index (χ3n) is 6.03. The number of nitrogens with zero attached hydrogens (tertiary/aromatic N) is 3. The van der Waals surface area contributed by atoms with Gasteiger partial charge in [0.2, 0.25) is 5.91 Å². The van der Waals surface area contributed by atoms with Gasteiger partial charge in [-0.3, -0.25) is 14.7 Å². The molecule has 0 spiro atoms. The number of rotatable bonds is 7. The zero-order valence-electron chi connectivity index (χ0n) is 17.8. The number of guanidine groups is 1. The van der Waals surface area contributed by atoms with Crippen LogP contribution in [-0.2, 0) is 11.2 Å². The van der Waals surface area contributed by atoms with Gasteiger partial charge in [0.1, 0.15) is 11.6 Å². The average molecular weight is 422 g/mol. The van der Waals surface area contributed by atoms with Crippen LogP contribution in [0.5, 0.6) is 0 Å². The van der Waals surface area contributed by atoms with Gasteiger partial charge < -0.3 is 15.5 Å². The van der Waals surface area contributed by atoms with Crippen molar-refractivity contribution in [1.82, 2.24) is 20.4 Å². The Kier molecular flexibility index (Phi) is 8.42. The van der Waals surface area contributed by atoms with E-state index in [0.717, 1.165) is 64.2 Å². The summed E-state index contributed by atoms with van der Waals surface area (Å²) in [5, 5.41) is 6.39. The third kappa shape index (κ3) is 6.39. The molecule has 1 aromatic carbocycles. The van der Waals surface area contributed by atoms with E-state index in [-0.39, 0.29) is 5.92 Å².